The summed E-state index contributed by atoms with van der Waals surface area (Å²) in [5.41, 5.74) is 0. The molecular weight excluding hydrogens is 205 g/mol. The van der Waals surface area contributed by atoms with E-state index in [9.17, 15) is 0 Å². The molecule has 2 nitrogen and oxygen atoms in total. The third kappa shape index (κ3) is 9.22. The van der Waals surface area contributed by atoms with Crippen LogP contribution in [0.1, 0.15) is 0 Å². The minimum absolute atomic E-state index is 0. The Balaban J connectivity index is 0. The van der Waals surface area contributed by atoms with Crippen molar-refractivity contribution < 1.29 is 23.4 Å². The quantitative estimate of drug-likeness (QED) is 0.358. The number of hydrogen-bond acceptors (Lipinski definition) is 0. The van der Waals surface area contributed by atoms with Gasteiger partial charge in [-0.25, -0.2) is 0 Å². The number of halogens is 1. The van der Waals surface area contributed by atoms with Crippen molar-refractivity contribution >= 4 is 48.9 Å². The molecule has 0 aliphatic carbocycles. The second-order valence-corrected chi connectivity index (χ2v) is 0. The number of rotatable bonds is 0. The van der Waals surface area contributed by atoms with E-state index in [-0.39, 0.29) is 72.2 Å². The largest absolute Gasteiger partial charge is 2.00 e. The van der Waals surface area contributed by atoms with Crippen LogP contribution < -0.4 is 12.4 Å². The first-order valence-electron chi connectivity index (χ1n) is 0. The van der Waals surface area contributed by atoms with Gasteiger partial charge < -0.3 is 23.4 Å². The van der Waals surface area contributed by atoms with Crippen molar-refractivity contribution in [2.24, 2.45) is 0 Å². The van der Waals surface area contributed by atoms with Gasteiger partial charge in [-0.05, 0) is 0 Å². The van der Waals surface area contributed by atoms with E-state index in [0.717, 1.165) is 0 Å². The molecular formula is H4BaClO2+. The summed E-state index contributed by atoms with van der Waals surface area (Å²) in [5, 5.41) is 0. The fraction of sp³-hybridized carbons (Fsp3) is 0. The maximum absolute atomic E-state index is 0. The number of hydrogen-bond donors (Lipinski definition) is 0. The molecule has 0 heterocycles. The van der Waals surface area contributed by atoms with Crippen molar-refractivity contribution in [3.63, 3.8) is 0 Å². The molecule has 0 unspecified atom stereocenters. The van der Waals surface area contributed by atoms with Gasteiger partial charge in [-0.3, -0.25) is 0 Å². The van der Waals surface area contributed by atoms with Gasteiger partial charge in [0.1, 0.15) is 0 Å². The zero-order chi connectivity index (χ0) is 0. The SMILES string of the molecule is O.O.[Ba+2].[Cl-]. The molecule has 4 heteroatoms. The van der Waals surface area contributed by atoms with E-state index < -0.39 is 0 Å². The van der Waals surface area contributed by atoms with E-state index in [4.69, 9.17) is 0 Å². The van der Waals surface area contributed by atoms with Gasteiger partial charge in [0.2, 0.25) is 0 Å². The molecule has 24 valence electrons. The summed E-state index contributed by atoms with van der Waals surface area (Å²) in [7, 11) is 0. The molecule has 0 amide bonds. The minimum atomic E-state index is 0. The molecule has 0 aliphatic heterocycles. The van der Waals surface area contributed by atoms with Crippen LogP contribution in [0.25, 0.3) is 0 Å². The van der Waals surface area contributed by atoms with Gasteiger partial charge in [-0.2, -0.15) is 0 Å². The van der Waals surface area contributed by atoms with Gasteiger partial charge in [0.15, 0.2) is 0 Å². The molecule has 4 N–H and O–H groups in total. The average Bonchev–Trinajstić information content (AvgIpc) is 0. The van der Waals surface area contributed by atoms with E-state index >= 15 is 0 Å². The Kier molecular flexibility index (Phi) is 224. The van der Waals surface area contributed by atoms with Crippen LogP contribution in [0, 0.1) is 0 Å². The normalized spacial score (nSPS) is 0. The molecule has 0 atom stereocenters. The van der Waals surface area contributed by atoms with Gasteiger partial charge >= 0.3 is 48.9 Å². The van der Waals surface area contributed by atoms with Crippen molar-refractivity contribution in [2.75, 3.05) is 0 Å². The molecule has 0 saturated carbocycles. The van der Waals surface area contributed by atoms with Crippen LogP contribution >= 0.6 is 0 Å². The maximum Gasteiger partial charge on any atom is 2.00 e. The van der Waals surface area contributed by atoms with E-state index in [1.54, 1.807) is 0 Å². The molecule has 0 rings (SSSR count). The second kappa shape index (κ2) is 21.5. The van der Waals surface area contributed by atoms with Crippen LogP contribution in [0.2, 0.25) is 0 Å². The van der Waals surface area contributed by atoms with Crippen LogP contribution in [0.4, 0.5) is 0 Å². The van der Waals surface area contributed by atoms with Crippen LogP contribution in [-0.4, -0.2) is 59.8 Å². The van der Waals surface area contributed by atoms with Crippen LogP contribution in [-0.2, 0) is 0 Å². The van der Waals surface area contributed by atoms with Gasteiger partial charge in [0.05, 0.1) is 0 Å². The Bertz CT molecular complexity index is 6.00. The molecule has 0 aromatic rings. The molecule has 0 fully saturated rings. The van der Waals surface area contributed by atoms with Crippen LogP contribution in [0.5, 0.6) is 0 Å². The first kappa shape index (κ1) is 41.6. The minimum Gasteiger partial charge on any atom is -1.00 e. The zero-order valence-electron chi connectivity index (χ0n) is 2.09. The molecule has 0 aliphatic rings. The third-order valence-corrected chi connectivity index (χ3v) is 0. The zero-order valence-corrected chi connectivity index (χ0v) is 7.28. The van der Waals surface area contributed by atoms with Gasteiger partial charge in [0.25, 0.3) is 0 Å². The summed E-state index contributed by atoms with van der Waals surface area (Å²) in [5.74, 6) is 0. The van der Waals surface area contributed by atoms with E-state index in [1.165, 1.54) is 0 Å². The van der Waals surface area contributed by atoms with Gasteiger partial charge in [-0.1, -0.05) is 0 Å². The summed E-state index contributed by atoms with van der Waals surface area (Å²) in [6.07, 6.45) is 0. The molecule has 0 aromatic heterocycles. The van der Waals surface area contributed by atoms with E-state index in [1.807, 2.05) is 0 Å². The van der Waals surface area contributed by atoms with Crippen molar-refractivity contribution in [1.82, 2.24) is 0 Å². The fourth-order valence-corrected chi connectivity index (χ4v) is 0. The third-order valence-electron chi connectivity index (χ3n) is 0. The average molecular weight is 209 g/mol. The predicted octanol–water partition coefficient (Wildman–Crippen LogP) is -5.03. The predicted molar refractivity (Wildman–Crippen MR) is 13.0 cm³/mol. The standard InChI is InChI=1S/Ba.ClH.2H2O/h;1H;2*1H2/q+2;;;/p-1. The summed E-state index contributed by atoms with van der Waals surface area (Å²) in [6, 6.07) is 0. The smallest absolute Gasteiger partial charge is 1.00 e. The Labute approximate surface area is 71.1 Å². The van der Waals surface area contributed by atoms with Crippen molar-refractivity contribution in [1.29, 1.82) is 0 Å². The molecule has 0 aromatic carbocycles. The molecule has 0 bridgehead atoms. The molecule has 0 saturated heterocycles. The van der Waals surface area contributed by atoms with Crippen molar-refractivity contribution in [2.45, 2.75) is 0 Å². The molecule has 4 heavy (non-hydrogen) atoms. The summed E-state index contributed by atoms with van der Waals surface area (Å²) < 4.78 is 0. The van der Waals surface area contributed by atoms with Gasteiger partial charge in [-0.15, -0.1) is 0 Å². The van der Waals surface area contributed by atoms with Crippen LogP contribution in [0.15, 0.2) is 0 Å². The van der Waals surface area contributed by atoms with Crippen molar-refractivity contribution in [3.8, 4) is 0 Å². The fourth-order valence-electron chi connectivity index (χ4n) is 0. The first-order chi connectivity index (χ1) is 0. The second-order valence-electron chi connectivity index (χ2n) is 0. The van der Waals surface area contributed by atoms with E-state index in [2.05, 4.69) is 0 Å². The van der Waals surface area contributed by atoms with E-state index in [0.29, 0.717) is 0 Å². The monoisotopic (exact) mass is 209 g/mol. The Morgan fingerprint density at radius 2 is 0.750 bits per heavy atom. The summed E-state index contributed by atoms with van der Waals surface area (Å²) in [6.45, 7) is 0. The van der Waals surface area contributed by atoms with Crippen molar-refractivity contribution in [3.05, 3.63) is 0 Å². The Morgan fingerprint density at radius 3 is 0.750 bits per heavy atom. The Morgan fingerprint density at radius 1 is 0.750 bits per heavy atom. The topological polar surface area (TPSA) is 63.0 Å². The molecule has 0 radical (unpaired) electrons. The Hall–Kier alpha value is 1.78. The maximum atomic E-state index is 0. The first-order valence-corrected chi connectivity index (χ1v) is 0. The summed E-state index contributed by atoms with van der Waals surface area (Å²) in [4.78, 5) is 0. The molecule has 0 spiro atoms. The van der Waals surface area contributed by atoms with Gasteiger partial charge in [0, 0.05) is 0 Å². The summed E-state index contributed by atoms with van der Waals surface area (Å²) >= 11 is 0. The van der Waals surface area contributed by atoms with Crippen LogP contribution in [0.3, 0.4) is 0 Å².